The average molecular weight is 135 g/mol. The summed E-state index contributed by atoms with van der Waals surface area (Å²) in [6.07, 6.45) is 1.14. The Morgan fingerprint density at radius 1 is 1.22 bits per heavy atom. The molecule has 1 aromatic rings. The summed E-state index contributed by atoms with van der Waals surface area (Å²) in [5.41, 5.74) is 1.47. The first-order chi connectivity index (χ1) is 4.47. The smallest absolute Gasteiger partial charge is 0.0261 e. The summed E-state index contributed by atoms with van der Waals surface area (Å²) < 4.78 is 0. The molecule has 1 aliphatic heterocycles. The number of thioether (sulfide) groups is 1. The minimum Gasteiger partial charge on any atom is -0.121 e. The van der Waals surface area contributed by atoms with E-state index in [-0.39, 0.29) is 0 Å². The summed E-state index contributed by atoms with van der Waals surface area (Å²) in [4.78, 5) is 1.43. The van der Waals surface area contributed by atoms with Crippen LogP contribution in [0.15, 0.2) is 29.2 Å². The predicted molar refractivity (Wildman–Crippen MR) is 40.3 cm³/mol. The van der Waals surface area contributed by atoms with Crippen LogP contribution < -0.4 is 0 Å². The third kappa shape index (κ3) is 0.855. The highest BCUT2D eigenvalue weighted by Gasteiger charge is 2.08. The van der Waals surface area contributed by atoms with Crippen LogP contribution >= 0.6 is 11.8 Å². The van der Waals surface area contributed by atoms with E-state index in [1.165, 1.54) is 10.5 Å². The summed E-state index contributed by atoms with van der Waals surface area (Å²) >= 11 is 1.84. The van der Waals surface area contributed by atoms with E-state index in [0.29, 0.717) is 0 Å². The van der Waals surface area contributed by atoms with E-state index in [2.05, 4.69) is 30.0 Å². The van der Waals surface area contributed by atoms with Gasteiger partial charge in [-0.25, -0.2) is 0 Å². The van der Waals surface area contributed by atoms with Crippen LogP contribution in [0, 0.1) is 5.75 Å². The van der Waals surface area contributed by atoms with Gasteiger partial charge in [-0.05, 0) is 18.1 Å². The molecule has 0 atom stereocenters. The van der Waals surface area contributed by atoms with E-state index >= 15 is 0 Å². The SMILES string of the molecule is [CH]1Cc2ccccc2S1. The number of benzene rings is 1. The molecule has 1 heterocycles. The molecule has 2 rings (SSSR count). The van der Waals surface area contributed by atoms with E-state index in [1.807, 2.05) is 11.8 Å². The second-order valence-corrected chi connectivity index (χ2v) is 3.11. The van der Waals surface area contributed by atoms with Gasteiger partial charge in [-0.2, -0.15) is 0 Å². The molecule has 9 heavy (non-hydrogen) atoms. The molecular weight excluding hydrogens is 128 g/mol. The van der Waals surface area contributed by atoms with Gasteiger partial charge in [0.25, 0.3) is 0 Å². The highest BCUT2D eigenvalue weighted by molar-refractivity contribution is 8.01. The van der Waals surface area contributed by atoms with Gasteiger partial charge in [0.05, 0.1) is 0 Å². The zero-order valence-electron chi connectivity index (χ0n) is 5.00. The first-order valence-corrected chi connectivity index (χ1v) is 3.91. The first-order valence-electron chi connectivity index (χ1n) is 3.03. The molecule has 1 aromatic carbocycles. The van der Waals surface area contributed by atoms with Crippen molar-refractivity contribution in [1.29, 1.82) is 0 Å². The van der Waals surface area contributed by atoms with Crippen LogP contribution in [-0.4, -0.2) is 0 Å². The Morgan fingerprint density at radius 3 is 3.00 bits per heavy atom. The van der Waals surface area contributed by atoms with Crippen LogP contribution in [0.1, 0.15) is 5.56 Å². The van der Waals surface area contributed by atoms with Crippen molar-refractivity contribution < 1.29 is 0 Å². The average Bonchev–Trinajstić information content (AvgIpc) is 2.33. The van der Waals surface area contributed by atoms with Gasteiger partial charge in [0.15, 0.2) is 0 Å². The monoisotopic (exact) mass is 135 g/mol. The quantitative estimate of drug-likeness (QED) is 0.526. The lowest BCUT2D eigenvalue weighted by Crippen LogP contribution is -1.74. The summed E-state index contributed by atoms with van der Waals surface area (Å²) in [5.74, 6) is 2.24. The summed E-state index contributed by atoms with van der Waals surface area (Å²) in [5, 5.41) is 0. The maximum absolute atomic E-state index is 2.24. The van der Waals surface area contributed by atoms with Gasteiger partial charge in [-0.1, -0.05) is 18.2 Å². The van der Waals surface area contributed by atoms with Crippen molar-refractivity contribution in [3.8, 4) is 0 Å². The van der Waals surface area contributed by atoms with Crippen molar-refractivity contribution in [2.75, 3.05) is 0 Å². The second-order valence-electron chi connectivity index (χ2n) is 2.10. The molecule has 0 fully saturated rings. The molecule has 0 saturated carbocycles. The molecule has 0 bridgehead atoms. The molecule has 1 heteroatoms. The Morgan fingerprint density at radius 2 is 2.11 bits per heavy atom. The van der Waals surface area contributed by atoms with Crippen molar-refractivity contribution in [2.24, 2.45) is 0 Å². The van der Waals surface area contributed by atoms with E-state index in [1.54, 1.807) is 0 Å². The lowest BCUT2D eigenvalue weighted by atomic mass is 10.2. The fourth-order valence-corrected chi connectivity index (χ4v) is 1.91. The van der Waals surface area contributed by atoms with Gasteiger partial charge < -0.3 is 0 Å². The van der Waals surface area contributed by atoms with Gasteiger partial charge in [0.1, 0.15) is 0 Å². The Bertz CT molecular complexity index is 195. The molecule has 0 saturated heterocycles. The lowest BCUT2D eigenvalue weighted by molar-refractivity contribution is 1.21. The Hall–Kier alpha value is -0.430. The Labute approximate surface area is 59.3 Å². The predicted octanol–water partition coefficient (Wildman–Crippen LogP) is 2.50. The molecule has 0 N–H and O–H groups in total. The van der Waals surface area contributed by atoms with Crippen molar-refractivity contribution in [3.63, 3.8) is 0 Å². The van der Waals surface area contributed by atoms with E-state index in [4.69, 9.17) is 0 Å². The topological polar surface area (TPSA) is 0 Å². The van der Waals surface area contributed by atoms with Gasteiger partial charge in [0.2, 0.25) is 0 Å². The third-order valence-corrected chi connectivity index (χ3v) is 2.47. The van der Waals surface area contributed by atoms with E-state index in [0.717, 1.165) is 6.42 Å². The summed E-state index contributed by atoms with van der Waals surface area (Å²) in [7, 11) is 0. The second kappa shape index (κ2) is 2.07. The van der Waals surface area contributed by atoms with Crippen molar-refractivity contribution >= 4 is 11.8 Å². The summed E-state index contributed by atoms with van der Waals surface area (Å²) in [6.45, 7) is 0. The molecule has 0 aliphatic carbocycles. The molecule has 1 aliphatic rings. The van der Waals surface area contributed by atoms with Crippen molar-refractivity contribution in [3.05, 3.63) is 35.6 Å². The van der Waals surface area contributed by atoms with Gasteiger partial charge >= 0.3 is 0 Å². The number of fused-ring (bicyclic) bond motifs is 1. The minimum atomic E-state index is 1.14. The van der Waals surface area contributed by atoms with Gasteiger partial charge in [-0.15, -0.1) is 11.8 Å². The molecule has 0 unspecified atom stereocenters. The minimum absolute atomic E-state index is 1.14. The molecular formula is C8H7S. The van der Waals surface area contributed by atoms with E-state index < -0.39 is 0 Å². The van der Waals surface area contributed by atoms with Crippen LogP contribution in [0.3, 0.4) is 0 Å². The maximum Gasteiger partial charge on any atom is 0.0261 e. The van der Waals surface area contributed by atoms with Crippen molar-refractivity contribution in [2.45, 2.75) is 11.3 Å². The highest BCUT2D eigenvalue weighted by Crippen LogP contribution is 2.33. The molecule has 45 valence electrons. The van der Waals surface area contributed by atoms with Crippen LogP contribution in [0.4, 0.5) is 0 Å². The molecule has 0 spiro atoms. The first kappa shape index (κ1) is 5.36. The number of hydrogen-bond donors (Lipinski definition) is 0. The highest BCUT2D eigenvalue weighted by atomic mass is 32.2. The van der Waals surface area contributed by atoms with Gasteiger partial charge in [-0.3, -0.25) is 0 Å². The maximum atomic E-state index is 2.24. The number of rotatable bonds is 0. The van der Waals surface area contributed by atoms with Crippen LogP contribution in [0.2, 0.25) is 0 Å². The lowest BCUT2D eigenvalue weighted by Gasteiger charge is -1.91. The molecule has 0 nitrogen and oxygen atoms in total. The largest absolute Gasteiger partial charge is 0.121 e. The fraction of sp³-hybridized carbons (Fsp3) is 0.125. The Kier molecular flexibility index (Phi) is 1.23. The standard InChI is InChI=1S/C8H7S/c1-2-4-8-7(3-1)5-6-9-8/h1-4,6H,5H2. The van der Waals surface area contributed by atoms with Crippen LogP contribution in [0.5, 0.6) is 0 Å². The molecule has 1 radical (unpaired) electrons. The Balaban J connectivity index is 2.54. The third-order valence-electron chi connectivity index (χ3n) is 1.49. The van der Waals surface area contributed by atoms with Crippen molar-refractivity contribution in [1.82, 2.24) is 0 Å². The zero-order chi connectivity index (χ0) is 6.10. The van der Waals surface area contributed by atoms with Crippen LogP contribution in [0.25, 0.3) is 0 Å². The molecule has 0 aromatic heterocycles. The molecule has 0 amide bonds. The normalized spacial score (nSPS) is 15.6. The fourth-order valence-electron chi connectivity index (χ4n) is 1.01. The van der Waals surface area contributed by atoms with E-state index in [9.17, 15) is 0 Å². The van der Waals surface area contributed by atoms with Gasteiger partial charge in [0, 0.05) is 10.6 Å². The zero-order valence-corrected chi connectivity index (χ0v) is 5.82. The number of hydrogen-bond acceptors (Lipinski definition) is 1. The summed E-state index contributed by atoms with van der Waals surface area (Å²) in [6, 6.07) is 8.54. The van der Waals surface area contributed by atoms with Crippen LogP contribution in [-0.2, 0) is 6.42 Å².